The standard InChI is InChI=1S/C15H18FN3O3/c1-10(20)19-8-4-5-11(9-19)14(21)17-18-15(22)12-6-2-3-7-13(12)16/h2-3,6-7,11H,4-5,8-9H2,1H3,(H,17,21)(H,18,22)/t11-/m1/s1. The fraction of sp³-hybridized carbons (Fsp3) is 0.400. The highest BCUT2D eigenvalue weighted by Crippen LogP contribution is 2.16. The maximum atomic E-state index is 13.4. The summed E-state index contributed by atoms with van der Waals surface area (Å²) >= 11 is 0. The van der Waals surface area contributed by atoms with Gasteiger partial charge in [0, 0.05) is 20.0 Å². The summed E-state index contributed by atoms with van der Waals surface area (Å²) in [5.41, 5.74) is 4.35. The van der Waals surface area contributed by atoms with E-state index in [1.165, 1.54) is 31.2 Å². The molecule has 0 saturated carbocycles. The summed E-state index contributed by atoms with van der Waals surface area (Å²) in [5.74, 6) is -2.21. The highest BCUT2D eigenvalue weighted by molar-refractivity contribution is 5.95. The van der Waals surface area contributed by atoms with E-state index >= 15 is 0 Å². The first-order valence-corrected chi connectivity index (χ1v) is 7.09. The van der Waals surface area contributed by atoms with Crippen molar-refractivity contribution in [2.45, 2.75) is 19.8 Å². The van der Waals surface area contributed by atoms with Crippen LogP contribution >= 0.6 is 0 Å². The van der Waals surface area contributed by atoms with Gasteiger partial charge < -0.3 is 4.90 Å². The summed E-state index contributed by atoms with van der Waals surface area (Å²) in [6.07, 6.45) is 1.38. The van der Waals surface area contributed by atoms with Crippen LogP contribution in [0.3, 0.4) is 0 Å². The van der Waals surface area contributed by atoms with Crippen molar-refractivity contribution in [2.24, 2.45) is 5.92 Å². The van der Waals surface area contributed by atoms with Gasteiger partial charge in [-0.05, 0) is 25.0 Å². The van der Waals surface area contributed by atoms with Gasteiger partial charge in [0.05, 0.1) is 11.5 Å². The van der Waals surface area contributed by atoms with Gasteiger partial charge >= 0.3 is 0 Å². The molecule has 2 N–H and O–H groups in total. The van der Waals surface area contributed by atoms with Gasteiger partial charge in [0.1, 0.15) is 5.82 Å². The van der Waals surface area contributed by atoms with Crippen LogP contribution in [0.2, 0.25) is 0 Å². The van der Waals surface area contributed by atoms with Gasteiger partial charge in [-0.25, -0.2) is 4.39 Å². The molecule has 118 valence electrons. The minimum atomic E-state index is -0.717. The van der Waals surface area contributed by atoms with E-state index < -0.39 is 11.7 Å². The van der Waals surface area contributed by atoms with Crippen molar-refractivity contribution in [3.63, 3.8) is 0 Å². The van der Waals surface area contributed by atoms with E-state index in [0.29, 0.717) is 19.5 Å². The average molecular weight is 307 g/mol. The number of benzene rings is 1. The van der Waals surface area contributed by atoms with Crippen LogP contribution in [0.15, 0.2) is 24.3 Å². The Kier molecular flexibility index (Phi) is 5.08. The number of hydrogen-bond donors (Lipinski definition) is 2. The Morgan fingerprint density at radius 1 is 1.23 bits per heavy atom. The summed E-state index contributed by atoms with van der Waals surface area (Å²) < 4.78 is 13.4. The largest absolute Gasteiger partial charge is 0.342 e. The smallest absolute Gasteiger partial charge is 0.272 e. The zero-order valence-corrected chi connectivity index (χ0v) is 12.3. The molecule has 1 aromatic rings. The molecule has 1 aliphatic rings. The summed E-state index contributed by atoms with van der Waals surface area (Å²) in [6.45, 7) is 2.43. The number of likely N-dealkylation sites (tertiary alicyclic amines) is 1. The summed E-state index contributed by atoms with van der Waals surface area (Å²) in [6, 6.07) is 5.51. The van der Waals surface area contributed by atoms with Crippen LogP contribution in [0.4, 0.5) is 4.39 Å². The van der Waals surface area contributed by atoms with Crippen LogP contribution in [0, 0.1) is 11.7 Å². The SMILES string of the molecule is CC(=O)N1CCC[C@@H](C(=O)NNC(=O)c2ccccc2F)C1. The predicted molar refractivity (Wildman–Crippen MR) is 77.0 cm³/mol. The Morgan fingerprint density at radius 3 is 2.64 bits per heavy atom. The number of carbonyl (C=O) groups is 3. The van der Waals surface area contributed by atoms with Gasteiger partial charge in [-0.1, -0.05) is 12.1 Å². The van der Waals surface area contributed by atoms with Crippen molar-refractivity contribution >= 4 is 17.7 Å². The molecule has 0 spiro atoms. The maximum absolute atomic E-state index is 13.4. The Labute approximate surface area is 127 Å². The zero-order chi connectivity index (χ0) is 16.1. The number of carbonyl (C=O) groups excluding carboxylic acids is 3. The number of nitrogens with one attached hydrogen (secondary N) is 2. The van der Waals surface area contributed by atoms with Gasteiger partial charge in [-0.15, -0.1) is 0 Å². The number of hydrazine groups is 1. The van der Waals surface area contributed by atoms with Gasteiger partial charge in [-0.3, -0.25) is 25.2 Å². The summed E-state index contributed by atoms with van der Waals surface area (Å²) in [7, 11) is 0. The molecule has 3 amide bonds. The summed E-state index contributed by atoms with van der Waals surface area (Å²) in [4.78, 5) is 36.8. The van der Waals surface area contributed by atoms with Crippen molar-refractivity contribution in [1.82, 2.24) is 15.8 Å². The first-order chi connectivity index (χ1) is 10.5. The number of amides is 3. The van der Waals surface area contributed by atoms with Gasteiger partial charge in [-0.2, -0.15) is 0 Å². The van der Waals surface area contributed by atoms with Crippen LogP contribution in [0.25, 0.3) is 0 Å². The van der Waals surface area contributed by atoms with Gasteiger partial charge in [0.15, 0.2) is 0 Å². The minimum absolute atomic E-state index is 0.0760. The van der Waals surface area contributed by atoms with Gasteiger partial charge in [0.2, 0.25) is 11.8 Å². The third-order valence-electron chi connectivity index (χ3n) is 3.66. The monoisotopic (exact) mass is 307 g/mol. The number of halogens is 1. The molecule has 1 aromatic carbocycles. The highest BCUT2D eigenvalue weighted by Gasteiger charge is 2.27. The number of hydrogen-bond acceptors (Lipinski definition) is 3. The molecule has 1 saturated heterocycles. The van der Waals surface area contributed by atoms with Crippen molar-refractivity contribution in [3.8, 4) is 0 Å². The van der Waals surface area contributed by atoms with Crippen LogP contribution in [0.1, 0.15) is 30.1 Å². The normalized spacial score (nSPS) is 17.7. The highest BCUT2D eigenvalue weighted by atomic mass is 19.1. The molecule has 0 bridgehead atoms. The number of rotatable bonds is 2. The Bertz CT molecular complexity index is 591. The first kappa shape index (κ1) is 15.9. The third kappa shape index (κ3) is 3.81. The number of nitrogens with zero attached hydrogens (tertiary/aromatic N) is 1. The van der Waals surface area contributed by atoms with Crippen LogP contribution in [-0.2, 0) is 9.59 Å². The van der Waals surface area contributed by atoms with E-state index in [1.807, 2.05) is 0 Å². The fourth-order valence-electron chi connectivity index (χ4n) is 2.41. The van der Waals surface area contributed by atoms with E-state index in [2.05, 4.69) is 10.9 Å². The molecular weight excluding hydrogens is 289 g/mol. The van der Waals surface area contributed by atoms with E-state index in [0.717, 1.165) is 6.42 Å². The molecule has 0 unspecified atom stereocenters. The maximum Gasteiger partial charge on any atom is 0.272 e. The Balaban J connectivity index is 1.89. The van der Waals surface area contributed by atoms with E-state index in [9.17, 15) is 18.8 Å². The topological polar surface area (TPSA) is 78.5 Å². The molecule has 6 nitrogen and oxygen atoms in total. The second kappa shape index (κ2) is 7.02. The molecule has 0 radical (unpaired) electrons. The second-order valence-corrected chi connectivity index (χ2v) is 5.23. The van der Waals surface area contributed by atoms with Crippen molar-refractivity contribution in [2.75, 3.05) is 13.1 Å². The Hall–Kier alpha value is -2.44. The zero-order valence-electron chi connectivity index (χ0n) is 12.3. The average Bonchev–Trinajstić information content (AvgIpc) is 2.52. The lowest BCUT2D eigenvalue weighted by Crippen LogP contribution is -2.49. The van der Waals surface area contributed by atoms with E-state index in [-0.39, 0.29) is 23.3 Å². The molecule has 1 heterocycles. The van der Waals surface area contributed by atoms with Crippen molar-refractivity contribution < 1.29 is 18.8 Å². The molecule has 1 fully saturated rings. The summed E-state index contributed by atoms with van der Waals surface area (Å²) in [5, 5.41) is 0. The molecule has 22 heavy (non-hydrogen) atoms. The fourth-order valence-corrected chi connectivity index (χ4v) is 2.41. The quantitative estimate of drug-likeness (QED) is 0.795. The lowest BCUT2D eigenvalue weighted by molar-refractivity contribution is -0.134. The van der Waals surface area contributed by atoms with Crippen LogP contribution < -0.4 is 10.9 Å². The predicted octanol–water partition coefficient (Wildman–Crippen LogP) is 0.845. The van der Waals surface area contributed by atoms with Gasteiger partial charge in [0.25, 0.3) is 5.91 Å². The van der Waals surface area contributed by atoms with E-state index in [4.69, 9.17) is 0 Å². The molecular formula is C15H18FN3O3. The number of piperidine rings is 1. The lowest BCUT2D eigenvalue weighted by atomic mass is 9.97. The Morgan fingerprint density at radius 2 is 1.95 bits per heavy atom. The van der Waals surface area contributed by atoms with Crippen molar-refractivity contribution in [1.29, 1.82) is 0 Å². The molecule has 7 heteroatoms. The lowest BCUT2D eigenvalue weighted by Gasteiger charge is -2.31. The van der Waals surface area contributed by atoms with Crippen LogP contribution in [-0.4, -0.2) is 35.7 Å². The van der Waals surface area contributed by atoms with E-state index in [1.54, 1.807) is 4.90 Å². The molecule has 1 atom stereocenters. The van der Waals surface area contributed by atoms with Crippen molar-refractivity contribution in [3.05, 3.63) is 35.6 Å². The molecule has 0 aliphatic carbocycles. The minimum Gasteiger partial charge on any atom is -0.342 e. The molecule has 1 aliphatic heterocycles. The molecule has 0 aromatic heterocycles. The molecule has 2 rings (SSSR count). The van der Waals surface area contributed by atoms with Crippen LogP contribution in [0.5, 0.6) is 0 Å². The first-order valence-electron chi connectivity index (χ1n) is 7.09. The third-order valence-corrected chi connectivity index (χ3v) is 3.66. The second-order valence-electron chi connectivity index (χ2n) is 5.23.